The highest BCUT2D eigenvalue weighted by molar-refractivity contribution is 5.83. The second kappa shape index (κ2) is 10.3. The molecule has 4 rings (SSSR count). The first-order valence-electron chi connectivity index (χ1n) is 11.4. The number of nitrogens with zero attached hydrogens (tertiary/aromatic N) is 1. The highest BCUT2D eigenvalue weighted by atomic mass is 16.5. The molecule has 5 nitrogen and oxygen atoms in total. The monoisotopic (exact) mass is 442 g/mol. The number of hydrogen-bond donors (Lipinski definition) is 1. The molecule has 1 aliphatic rings. The highest BCUT2D eigenvalue weighted by Crippen LogP contribution is 2.27. The zero-order valence-electron chi connectivity index (χ0n) is 19.2. The van der Waals surface area contributed by atoms with E-state index in [1.54, 1.807) is 7.11 Å². The summed E-state index contributed by atoms with van der Waals surface area (Å²) >= 11 is 0. The molecule has 0 spiro atoms. The van der Waals surface area contributed by atoms with Gasteiger partial charge in [-0.05, 0) is 36.1 Å². The SMILES string of the molecule is COc1ccccc1CC(=O)N1CCNC(=O)C(Cc2ccccc2-c2ccc(C)cc2)C1. The Balaban J connectivity index is 1.53. The van der Waals surface area contributed by atoms with Crippen LogP contribution in [0.4, 0.5) is 0 Å². The summed E-state index contributed by atoms with van der Waals surface area (Å²) in [4.78, 5) is 27.8. The highest BCUT2D eigenvalue weighted by Gasteiger charge is 2.28. The van der Waals surface area contributed by atoms with Gasteiger partial charge in [0.1, 0.15) is 5.75 Å². The van der Waals surface area contributed by atoms with E-state index < -0.39 is 0 Å². The maximum absolute atomic E-state index is 13.1. The van der Waals surface area contributed by atoms with E-state index in [0.29, 0.717) is 31.8 Å². The van der Waals surface area contributed by atoms with Crippen molar-refractivity contribution in [1.82, 2.24) is 10.2 Å². The van der Waals surface area contributed by atoms with Crippen molar-refractivity contribution in [2.75, 3.05) is 26.7 Å². The van der Waals surface area contributed by atoms with Crippen LogP contribution in [0.15, 0.2) is 72.8 Å². The lowest BCUT2D eigenvalue weighted by Gasteiger charge is -2.24. The summed E-state index contributed by atoms with van der Waals surface area (Å²) in [6, 6.07) is 24.2. The van der Waals surface area contributed by atoms with E-state index in [1.807, 2.05) is 41.3 Å². The predicted molar refractivity (Wildman–Crippen MR) is 130 cm³/mol. The van der Waals surface area contributed by atoms with Gasteiger partial charge in [0.05, 0.1) is 19.4 Å². The molecule has 0 aromatic heterocycles. The number of amides is 2. The number of carbonyl (C=O) groups excluding carboxylic acids is 2. The summed E-state index contributed by atoms with van der Waals surface area (Å²) in [5.41, 5.74) is 5.44. The van der Waals surface area contributed by atoms with E-state index in [1.165, 1.54) is 5.56 Å². The third-order valence-corrected chi connectivity index (χ3v) is 6.23. The zero-order valence-corrected chi connectivity index (χ0v) is 19.2. The largest absolute Gasteiger partial charge is 0.496 e. The van der Waals surface area contributed by atoms with E-state index >= 15 is 0 Å². The van der Waals surface area contributed by atoms with Crippen LogP contribution in [0.1, 0.15) is 16.7 Å². The maximum atomic E-state index is 13.1. The molecule has 0 radical (unpaired) electrons. The van der Waals surface area contributed by atoms with Crippen LogP contribution < -0.4 is 10.1 Å². The van der Waals surface area contributed by atoms with Gasteiger partial charge >= 0.3 is 0 Å². The topological polar surface area (TPSA) is 58.6 Å². The Morgan fingerprint density at radius 3 is 2.45 bits per heavy atom. The van der Waals surface area contributed by atoms with Crippen LogP contribution in [-0.2, 0) is 22.4 Å². The average molecular weight is 443 g/mol. The van der Waals surface area contributed by atoms with Crippen LogP contribution in [0.25, 0.3) is 11.1 Å². The number of ether oxygens (including phenoxy) is 1. The first-order chi connectivity index (χ1) is 16.0. The normalized spacial score (nSPS) is 16.1. The summed E-state index contributed by atoms with van der Waals surface area (Å²) < 4.78 is 5.40. The van der Waals surface area contributed by atoms with Crippen molar-refractivity contribution >= 4 is 11.8 Å². The van der Waals surface area contributed by atoms with Gasteiger partial charge in [0.15, 0.2) is 0 Å². The van der Waals surface area contributed by atoms with Gasteiger partial charge in [-0.25, -0.2) is 0 Å². The number of para-hydroxylation sites is 1. The Bertz CT molecular complexity index is 1120. The van der Waals surface area contributed by atoms with Crippen molar-refractivity contribution in [3.63, 3.8) is 0 Å². The average Bonchev–Trinajstić information content (AvgIpc) is 3.02. The third kappa shape index (κ3) is 5.43. The lowest BCUT2D eigenvalue weighted by Crippen LogP contribution is -2.38. The molecule has 0 aliphatic carbocycles. The number of hydrogen-bond acceptors (Lipinski definition) is 3. The Morgan fingerprint density at radius 2 is 1.70 bits per heavy atom. The molecule has 1 N–H and O–H groups in total. The van der Waals surface area contributed by atoms with Crippen molar-refractivity contribution < 1.29 is 14.3 Å². The van der Waals surface area contributed by atoms with Crippen molar-refractivity contribution in [2.45, 2.75) is 19.8 Å². The molecule has 1 atom stereocenters. The Labute approximate surface area is 195 Å². The Hall–Kier alpha value is -3.60. The molecule has 0 bridgehead atoms. The van der Waals surface area contributed by atoms with E-state index in [0.717, 1.165) is 22.3 Å². The van der Waals surface area contributed by atoms with Crippen LogP contribution >= 0.6 is 0 Å². The number of aryl methyl sites for hydroxylation is 1. The maximum Gasteiger partial charge on any atom is 0.227 e. The Kier molecular flexibility index (Phi) is 7.08. The molecule has 1 aliphatic heterocycles. The second-order valence-corrected chi connectivity index (χ2v) is 8.54. The summed E-state index contributed by atoms with van der Waals surface area (Å²) in [5, 5.41) is 3.00. The second-order valence-electron chi connectivity index (χ2n) is 8.54. The molecule has 3 aromatic carbocycles. The molecule has 1 unspecified atom stereocenters. The van der Waals surface area contributed by atoms with Gasteiger partial charge in [0.2, 0.25) is 11.8 Å². The van der Waals surface area contributed by atoms with Crippen LogP contribution in [0.3, 0.4) is 0 Å². The molecule has 5 heteroatoms. The minimum atomic E-state index is -0.305. The van der Waals surface area contributed by atoms with Gasteiger partial charge in [-0.15, -0.1) is 0 Å². The minimum Gasteiger partial charge on any atom is -0.496 e. The first-order valence-corrected chi connectivity index (χ1v) is 11.4. The standard InChI is InChI=1S/C28H30N2O3/c1-20-11-13-21(14-12-20)25-9-5-3-7-22(25)17-24-19-30(16-15-29-28(24)32)27(31)18-23-8-4-6-10-26(23)33-2/h3-14,24H,15-19H2,1-2H3,(H,29,32). The quantitative estimate of drug-likeness (QED) is 0.627. The van der Waals surface area contributed by atoms with Crippen molar-refractivity contribution in [2.24, 2.45) is 5.92 Å². The van der Waals surface area contributed by atoms with E-state index in [4.69, 9.17) is 4.74 Å². The molecule has 0 saturated carbocycles. The van der Waals surface area contributed by atoms with Gasteiger partial charge in [-0.2, -0.15) is 0 Å². The molecule has 2 amide bonds. The number of nitrogens with one attached hydrogen (secondary N) is 1. The predicted octanol–water partition coefficient (Wildman–Crippen LogP) is 4.03. The van der Waals surface area contributed by atoms with Crippen LogP contribution in [-0.4, -0.2) is 43.5 Å². The van der Waals surface area contributed by atoms with Crippen LogP contribution in [0.5, 0.6) is 5.75 Å². The van der Waals surface area contributed by atoms with E-state index in [2.05, 4.69) is 48.6 Å². The smallest absolute Gasteiger partial charge is 0.227 e. The van der Waals surface area contributed by atoms with Crippen LogP contribution in [0.2, 0.25) is 0 Å². The summed E-state index contributed by atoms with van der Waals surface area (Å²) in [6.07, 6.45) is 0.833. The number of carbonyl (C=O) groups is 2. The Morgan fingerprint density at radius 1 is 1.00 bits per heavy atom. The zero-order chi connectivity index (χ0) is 23.2. The van der Waals surface area contributed by atoms with Gasteiger partial charge in [0, 0.05) is 25.2 Å². The molecule has 1 fully saturated rings. The fourth-order valence-electron chi connectivity index (χ4n) is 4.38. The first kappa shape index (κ1) is 22.6. The van der Waals surface area contributed by atoms with Gasteiger partial charge in [-0.3, -0.25) is 9.59 Å². The van der Waals surface area contributed by atoms with Gasteiger partial charge < -0.3 is 15.0 Å². The molecular formula is C28H30N2O3. The van der Waals surface area contributed by atoms with E-state index in [-0.39, 0.29) is 24.2 Å². The number of methoxy groups -OCH3 is 1. The lowest BCUT2D eigenvalue weighted by molar-refractivity contribution is -0.131. The van der Waals surface area contributed by atoms with Crippen molar-refractivity contribution in [3.8, 4) is 16.9 Å². The molecule has 33 heavy (non-hydrogen) atoms. The van der Waals surface area contributed by atoms with Crippen molar-refractivity contribution in [3.05, 3.63) is 89.5 Å². The molecule has 3 aromatic rings. The lowest BCUT2D eigenvalue weighted by atomic mass is 9.91. The summed E-state index contributed by atoms with van der Waals surface area (Å²) in [5.74, 6) is 0.410. The van der Waals surface area contributed by atoms with Crippen LogP contribution in [0, 0.1) is 12.8 Å². The molecular weight excluding hydrogens is 412 g/mol. The van der Waals surface area contributed by atoms with Gasteiger partial charge in [0.25, 0.3) is 0 Å². The summed E-state index contributed by atoms with van der Waals surface area (Å²) in [7, 11) is 1.61. The minimum absolute atomic E-state index is 0.00120. The molecule has 1 saturated heterocycles. The van der Waals surface area contributed by atoms with Crippen molar-refractivity contribution in [1.29, 1.82) is 0 Å². The third-order valence-electron chi connectivity index (χ3n) is 6.23. The fraction of sp³-hybridized carbons (Fsp3) is 0.286. The summed E-state index contributed by atoms with van der Waals surface area (Å²) in [6.45, 7) is 3.45. The molecule has 170 valence electrons. The number of benzene rings is 3. The fourth-order valence-corrected chi connectivity index (χ4v) is 4.38. The molecule has 1 heterocycles. The van der Waals surface area contributed by atoms with E-state index in [9.17, 15) is 9.59 Å². The van der Waals surface area contributed by atoms with Gasteiger partial charge in [-0.1, -0.05) is 72.3 Å². The number of rotatable bonds is 6.